The van der Waals surface area contributed by atoms with Gasteiger partial charge in [0.1, 0.15) is 10.8 Å². The number of nitrogens with zero attached hydrogens (tertiary/aromatic N) is 2. The Bertz CT molecular complexity index is 613. The summed E-state index contributed by atoms with van der Waals surface area (Å²) in [6.07, 6.45) is 2.94. The molecule has 0 radical (unpaired) electrons. The maximum absolute atomic E-state index is 11.4. The van der Waals surface area contributed by atoms with Gasteiger partial charge in [-0.1, -0.05) is 30.4 Å². The summed E-state index contributed by atoms with van der Waals surface area (Å²) in [5.41, 5.74) is 6.63. The van der Waals surface area contributed by atoms with Crippen molar-refractivity contribution in [3.8, 4) is 5.75 Å². The molecule has 6 nitrogen and oxygen atoms in total. The number of carbonyl (C=O) groups excluding carboxylic acids is 1. The molecule has 0 aliphatic carbocycles. The van der Waals surface area contributed by atoms with Gasteiger partial charge in [0, 0.05) is 19.4 Å². The summed E-state index contributed by atoms with van der Waals surface area (Å²) in [4.78, 5) is 11.4. The average Bonchev–Trinajstić information content (AvgIpc) is 2.99. The molecule has 7 heteroatoms. The van der Waals surface area contributed by atoms with Crippen molar-refractivity contribution in [3.63, 3.8) is 0 Å². The van der Waals surface area contributed by atoms with Crippen LogP contribution in [0.5, 0.6) is 5.75 Å². The third kappa shape index (κ3) is 5.96. The fourth-order valence-electron chi connectivity index (χ4n) is 1.95. The van der Waals surface area contributed by atoms with E-state index in [9.17, 15) is 4.79 Å². The van der Waals surface area contributed by atoms with Gasteiger partial charge >= 0.3 is 0 Å². The van der Waals surface area contributed by atoms with Gasteiger partial charge in [-0.3, -0.25) is 4.79 Å². The maximum Gasteiger partial charge on any atom is 0.227 e. The number of anilines is 1. The molecule has 0 saturated carbocycles. The Hall–Kier alpha value is -1.99. The number of nitrogens with two attached hydrogens (primary N) is 1. The molecule has 1 amide bonds. The summed E-state index contributed by atoms with van der Waals surface area (Å²) in [5.74, 6) is 0.753. The lowest BCUT2D eigenvalue weighted by molar-refractivity contribution is -0.116. The molecular weight excluding hydrogens is 312 g/mol. The summed E-state index contributed by atoms with van der Waals surface area (Å²) < 4.78 is 5.70. The second-order valence-electron chi connectivity index (χ2n) is 5.04. The number of hydrogen-bond donors (Lipinski definition) is 2. The van der Waals surface area contributed by atoms with Gasteiger partial charge < -0.3 is 15.8 Å². The number of ether oxygens (including phenoxy) is 1. The van der Waals surface area contributed by atoms with Crippen LogP contribution >= 0.6 is 11.3 Å². The van der Waals surface area contributed by atoms with E-state index in [0.717, 1.165) is 30.0 Å². The topological polar surface area (TPSA) is 90.1 Å². The standard InChI is InChI=1S/C16H22N4O2S/c1-2-12-5-7-13(8-6-12)22-11-3-4-15-19-20-16(23-15)18-14(21)9-10-17/h5-8H,2-4,9-11,17H2,1H3,(H,18,20,21). The zero-order valence-corrected chi connectivity index (χ0v) is 14.1. The minimum Gasteiger partial charge on any atom is -0.494 e. The van der Waals surface area contributed by atoms with Crippen LogP contribution in [-0.4, -0.2) is 29.3 Å². The Morgan fingerprint density at radius 3 is 2.78 bits per heavy atom. The van der Waals surface area contributed by atoms with Crippen LogP contribution in [0.3, 0.4) is 0 Å². The Labute approximate surface area is 140 Å². The Morgan fingerprint density at radius 2 is 2.09 bits per heavy atom. The number of amides is 1. The molecule has 0 spiro atoms. The highest BCUT2D eigenvalue weighted by Gasteiger charge is 2.07. The molecule has 0 atom stereocenters. The maximum atomic E-state index is 11.4. The average molecular weight is 334 g/mol. The SMILES string of the molecule is CCc1ccc(OCCCc2nnc(NC(=O)CCN)s2)cc1. The minimum atomic E-state index is -0.131. The van der Waals surface area contributed by atoms with E-state index >= 15 is 0 Å². The zero-order chi connectivity index (χ0) is 16.5. The highest BCUT2D eigenvalue weighted by atomic mass is 32.1. The van der Waals surface area contributed by atoms with Crippen LogP contribution in [0.4, 0.5) is 5.13 Å². The highest BCUT2D eigenvalue weighted by molar-refractivity contribution is 7.15. The first-order chi connectivity index (χ1) is 11.2. The predicted molar refractivity (Wildman–Crippen MR) is 91.8 cm³/mol. The lowest BCUT2D eigenvalue weighted by atomic mass is 10.2. The second-order valence-corrected chi connectivity index (χ2v) is 6.10. The van der Waals surface area contributed by atoms with Crippen LogP contribution in [0.2, 0.25) is 0 Å². The van der Waals surface area contributed by atoms with E-state index in [0.29, 0.717) is 24.7 Å². The van der Waals surface area contributed by atoms with Gasteiger partial charge in [0.15, 0.2) is 0 Å². The van der Waals surface area contributed by atoms with Crippen molar-refractivity contribution >= 4 is 22.4 Å². The normalized spacial score (nSPS) is 10.5. The number of benzene rings is 1. The van der Waals surface area contributed by atoms with E-state index in [-0.39, 0.29) is 5.91 Å². The van der Waals surface area contributed by atoms with Gasteiger partial charge in [0.2, 0.25) is 11.0 Å². The number of carbonyl (C=O) groups is 1. The summed E-state index contributed by atoms with van der Waals surface area (Å²) in [5, 5.41) is 12.1. The van der Waals surface area contributed by atoms with Gasteiger partial charge in [-0.2, -0.15) is 0 Å². The summed E-state index contributed by atoms with van der Waals surface area (Å²) >= 11 is 1.39. The monoisotopic (exact) mass is 334 g/mol. The number of aromatic nitrogens is 2. The lowest BCUT2D eigenvalue weighted by Gasteiger charge is -2.05. The van der Waals surface area contributed by atoms with E-state index < -0.39 is 0 Å². The van der Waals surface area contributed by atoms with Crippen LogP contribution < -0.4 is 15.8 Å². The molecule has 2 aromatic rings. The van der Waals surface area contributed by atoms with Crippen molar-refractivity contribution in [3.05, 3.63) is 34.8 Å². The summed E-state index contributed by atoms with van der Waals surface area (Å²) in [7, 11) is 0. The van der Waals surface area contributed by atoms with Crippen molar-refractivity contribution in [2.24, 2.45) is 5.73 Å². The zero-order valence-electron chi connectivity index (χ0n) is 13.2. The van der Waals surface area contributed by atoms with E-state index in [4.69, 9.17) is 10.5 Å². The summed E-state index contributed by atoms with van der Waals surface area (Å²) in [6.45, 7) is 3.08. The molecule has 0 saturated heterocycles. The third-order valence-electron chi connectivity index (χ3n) is 3.22. The smallest absolute Gasteiger partial charge is 0.227 e. The molecule has 0 aliphatic rings. The van der Waals surface area contributed by atoms with Gasteiger partial charge in [0.25, 0.3) is 0 Å². The third-order valence-corrected chi connectivity index (χ3v) is 4.12. The Morgan fingerprint density at radius 1 is 1.30 bits per heavy atom. The molecule has 0 aliphatic heterocycles. The highest BCUT2D eigenvalue weighted by Crippen LogP contribution is 2.17. The molecule has 0 unspecified atom stereocenters. The van der Waals surface area contributed by atoms with E-state index in [1.165, 1.54) is 16.9 Å². The van der Waals surface area contributed by atoms with Crippen molar-refractivity contribution in [2.45, 2.75) is 32.6 Å². The largest absolute Gasteiger partial charge is 0.494 e. The molecule has 2 rings (SSSR count). The van der Waals surface area contributed by atoms with Crippen LogP contribution in [0.15, 0.2) is 24.3 Å². The number of aryl methyl sites for hydroxylation is 2. The molecule has 0 bridgehead atoms. The van der Waals surface area contributed by atoms with Gasteiger partial charge in [-0.15, -0.1) is 10.2 Å². The Balaban J connectivity index is 1.69. The first-order valence-electron chi connectivity index (χ1n) is 7.75. The van der Waals surface area contributed by atoms with Crippen LogP contribution in [0.25, 0.3) is 0 Å². The predicted octanol–water partition coefficient (Wildman–Crippen LogP) is 2.40. The van der Waals surface area contributed by atoms with E-state index in [2.05, 4.69) is 34.6 Å². The fourth-order valence-corrected chi connectivity index (χ4v) is 2.75. The molecule has 3 N–H and O–H groups in total. The number of rotatable bonds is 9. The molecule has 1 heterocycles. The Kier molecular flexibility index (Phi) is 6.96. The molecule has 124 valence electrons. The van der Waals surface area contributed by atoms with Gasteiger partial charge in [0.05, 0.1) is 6.61 Å². The van der Waals surface area contributed by atoms with Crippen LogP contribution in [0, 0.1) is 0 Å². The minimum absolute atomic E-state index is 0.131. The molecular formula is C16H22N4O2S. The van der Waals surface area contributed by atoms with Crippen LogP contribution in [-0.2, 0) is 17.6 Å². The number of hydrogen-bond acceptors (Lipinski definition) is 6. The van der Waals surface area contributed by atoms with Crippen molar-refractivity contribution in [1.29, 1.82) is 0 Å². The van der Waals surface area contributed by atoms with Crippen molar-refractivity contribution in [1.82, 2.24) is 10.2 Å². The number of nitrogens with one attached hydrogen (secondary N) is 1. The second kappa shape index (κ2) is 9.22. The molecule has 1 aromatic carbocycles. The quantitative estimate of drug-likeness (QED) is 0.687. The van der Waals surface area contributed by atoms with Crippen molar-refractivity contribution < 1.29 is 9.53 Å². The van der Waals surface area contributed by atoms with Crippen molar-refractivity contribution in [2.75, 3.05) is 18.5 Å². The van der Waals surface area contributed by atoms with Crippen LogP contribution in [0.1, 0.15) is 30.3 Å². The first-order valence-corrected chi connectivity index (χ1v) is 8.57. The summed E-state index contributed by atoms with van der Waals surface area (Å²) in [6, 6.07) is 8.15. The van der Waals surface area contributed by atoms with E-state index in [1.54, 1.807) is 0 Å². The molecule has 0 fully saturated rings. The first kappa shape index (κ1) is 17.4. The fraction of sp³-hybridized carbons (Fsp3) is 0.438. The lowest BCUT2D eigenvalue weighted by Crippen LogP contribution is -2.15. The molecule has 23 heavy (non-hydrogen) atoms. The van der Waals surface area contributed by atoms with Gasteiger partial charge in [-0.25, -0.2) is 0 Å². The van der Waals surface area contributed by atoms with Gasteiger partial charge in [-0.05, 0) is 30.5 Å². The molecule has 1 aromatic heterocycles. The van der Waals surface area contributed by atoms with E-state index in [1.807, 2.05) is 12.1 Å².